The van der Waals surface area contributed by atoms with E-state index in [0.717, 1.165) is 38.6 Å². The van der Waals surface area contributed by atoms with Gasteiger partial charge in [0.1, 0.15) is 0 Å². The highest BCUT2D eigenvalue weighted by Crippen LogP contribution is 2.38. The zero-order chi connectivity index (χ0) is 12.7. The van der Waals surface area contributed by atoms with Crippen LogP contribution in [0.4, 0.5) is 0 Å². The van der Waals surface area contributed by atoms with E-state index in [1.54, 1.807) is 4.90 Å². The molecule has 0 radical (unpaired) electrons. The lowest BCUT2D eigenvalue weighted by Gasteiger charge is -2.35. The average Bonchev–Trinajstić information content (AvgIpc) is 2.82. The van der Waals surface area contributed by atoms with Crippen molar-refractivity contribution >= 4 is 11.8 Å². The van der Waals surface area contributed by atoms with Crippen molar-refractivity contribution in [1.82, 2.24) is 10.2 Å². The van der Waals surface area contributed by atoms with Crippen molar-refractivity contribution in [2.45, 2.75) is 45.1 Å². The summed E-state index contributed by atoms with van der Waals surface area (Å²) in [4.78, 5) is 26.0. The van der Waals surface area contributed by atoms with Crippen LogP contribution in [-0.2, 0) is 9.59 Å². The molecule has 3 aliphatic rings. The fourth-order valence-electron chi connectivity index (χ4n) is 3.63. The number of piperidine rings is 2. The van der Waals surface area contributed by atoms with Gasteiger partial charge in [0, 0.05) is 24.4 Å². The summed E-state index contributed by atoms with van der Waals surface area (Å²) in [5.41, 5.74) is 0. The SMILES string of the molecule is CC1CCC(CN2C(=O)C3CCC(C3)C2=O)CN1. The van der Waals surface area contributed by atoms with E-state index >= 15 is 0 Å². The van der Waals surface area contributed by atoms with Crippen LogP contribution in [0.1, 0.15) is 39.0 Å². The van der Waals surface area contributed by atoms with Gasteiger partial charge in [-0.15, -0.1) is 0 Å². The summed E-state index contributed by atoms with van der Waals surface area (Å²) in [7, 11) is 0. The van der Waals surface area contributed by atoms with Crippen molar-refractivity contribution in [2.24, 2.45) is 17.8 Å². The number of amides is 2. The third-order valence-corrected chi connectivity index (χ3v) is 4.87. The molecule has 100 valence electrons. The summed E-state index contributed by atoms with van der Waals surface area (Å²) in [6.45, 7) is 3.77. The first-order chi connectivity index (χ1) is 8.65. The van der Waals surface area contributed by atoms with Gasteiger partial charge in [0.15, 0.2) is 0 Å². The van der Waals surface area contributed by atoms with Gasteiger partial charge in [-0.3, -0.25) is 14.5 Å². The maximum absolute atomic E-state index is 12.2. The number of carbonyl (C=O) groups is 2. The van der Waals surface area contributed by atoms with Crippen LogP contribution in [0.2, 0.25) is 0 Å². The summed E-state index contributed by atoms with van der Waals surface area (Å²) in [5, 5.41) is 3.44. The Bertz CT molecular complexity index is 339. The highest BCUT2D eigenvalue weighted by Gasteiger charge is 2.45. The molecule has 0 aromatic rings. The first-order valence-corrected chi connectivity index (χ1v) is 7.23. The number of likely N-dealkylation sites (tertiary alicyclic amines) is 1. The van der Waals surface area contributed by atoms with Crippen LogP contribution in [0, 0.1) is 17.8 Å². The molecule has 18 heavy (non-hydrogen) atoms. The van der Waals surface area contributed by atoms with Crippen LogP contribution >= 0.6 is 0 Å². The van der Waals surface area contributed by atoms with E-state index in [0.29, 0.717) is 18.5 Å². The van der Waals surface area contributed by atoms with E-state index < -0.39 is 0 Å². The monoisotopic (exact) mass is 250 g/mol. The maximum atomic E-state index is 12.2. The summed E-state index contributed by atoms with van der Waals surface area (Å²) in [5.74, 6) is 0.942. The fourth-order valence-corrected chi connectivity index (χ4v) is 3.63. The molecule has 3 rings (SSSR count). The second-order valence-corrected chi connectivity index (χ2v) is 6.25. The Labute approximate surface area is 108 Å². The molecule has 4 atom stereocenters. The molecular formula is C14H22N2O2. The number of fused-ring (bicyclic) bond motifs is 2. The number of rotatable bonds is 2. The standard InChI is InChI=1S/C14H22N2O2/c1-9-2-3-10(7-15-9)8-16-13(17)11-4-5-12(6-11)14(16)18/h9-12,15H,2-8H2,1H3. The molecule has 3 fully saturated rings. The molecule has 0 aromatic heterocycles. The van der Waals surface area contributed by atoms with Crippen LogP contribution in [0.3, 0.4) is 0 Å². The third kappa shape index (κ3) is 2.07. The second-order valence-electron chi connectivity index (χ2n) is 6.25. The average molecular weight is 250 g/mol. The first-order valence-electron chi connectivity index (χ1n) is 7.23. The van der Waals surface area contributed by atoms with Gasteiger partial charge in [-0.1, -0.05) is 0 Å². The molecule has 1 saturated carbocycles. The molecule has 2 aliphatic heterocycles. The Morgan fingerprint density at radius 3 is 2.33 bits per heavy atom. The number of hydrogen-bond acceptors (Lipinski definition) is 3. The summed E-state index contributed by atoms with van der Waals surface area (Å²) >= 11 is 0. The predicted molar refractivity (Wildman–Crippen MR) is 67.7 cm³/mol. The van der Waals surface area contributed by atoms with E-state index in [2.05, 4.69) is 12.2 Å². The van der Waals surface area contributed by atoms with Gasteiger partial charge in [-0.2, -0.15) is 0 Å². The zero-order valence-electron chi connectivity index (χ0n) is 11.0. The minimum absolute atomic E-state index is 0.104. The summed E-state index contributed by atoms with van der Waals surface area (Å²) < 4.78 is 0. The number of carbonyl (C=O) groups excluding carboxylic acids is 2. The number of nitrogens with zero attached hydrogens (tertiary/aromatic N) is 1. The van der Waals surface area contributed by atoms with Crippen LogP contribution in [0.25, 0.3) is 0 Å². The van der Waals surface area contributed by atoms with Crippen molar-refractivity contribution in [3.8, 4) is 0 Å². The lowest BCUT2D eigenvalue weighted by Crippen LogP contribution is -2.50. The molecule has 1 N–H and O–H groups in total. The minimum atomic E-state index is 0.104. The summed E-state index contributed by atoms with van der Waals surface area (Å²) in [6.07, 6.45) is 4.93. The van der Waals surface area contributed by atoms with E-state index in [1.807, 2.05) is 0 Å². The Hall–Kier alpha value is -0.900. The van der Waals surface area contributed by atoms with Crippen molar-refractivity contribution in [3.63, 3.8) is 0 Å². The van der Waals surface area contributed by atoms with Crippen molar-refractivity contribution in [3.05, 3.63) is 0 Å². The highest BCUT2D eigenvalue weighted by molar-refractivity contribution is 6.00. The maximum Gasteiger partial charge on any atom is 0.232 e. The largest absolute Gasteiger partial charge is 0.314 e. The predicted octanol–water partition coefficient (Wildman–Crippen LogP) is 1.16. The minimum Gasteiger partial charge on any atom is -0.314 e. The van der Waals surface area contributed by atoms with Gasteiger partial charge < -0.3 is 5.32 Å². The molecule has 4 nitrogen and oxygen atoms in total. The topological polar surface area (TPSA) is 49.4 Å². The molecule has 0 aromatic carbocycles. The molecule has 2 amide bonds. The van der Waals surface area contributed by atoms with E-state index in [-0.39, 0.29) is 23.7 Å². The van der Waals surface area contributed by atoms with Crippen LogP contribution in [-0.4, -0.2) is 35.8 Å². The van der Waals surface area contributed by atoms with Gasteiger partial charge in [-0.05, 0) is 51.5 Å². The van der Waals surface area contributed by atoms with Crippen LogP contribution in [0.5, 0.6) is 0 Å². The molecule has 4 heteroatoms. The Morgan fingerprint density at radius 2 is 1.78 bits per heavy atom. The number of nitrogens with one attached hydrogen (secondary N) is 1. The smallest absolute Gasteiger partial charge is 0.232 e. The summed E-state index contributed by atoms with van der Waals surface area (Å²) in [6, 6.07) is 0.574. The lowest BCUT2D eigenvalue weighted by molar-refractivity contribution is -0.153. The Kier molecular flexibility index (Phi) is 3.14. The first kappa shape index (κ1) is 12.2. The molecule has 2 saturated heterocycles. The highest BCUT2D eigenvalue weighted by atomic mass is 16.2. The fraction of sp³-hybridized carbons (Fsp3) is 0.857. The molecule has 2 bridgehead atoms. The Morgan fingerprint density at radius 1 is 1.11 bits per heavy atom. The normalized spacial score (nSPS) is 40.4. The van der Waals surface area contributed by atoms with Gasteiger partial charge in [-0.25, -0.2) is 0 Å². The zero-order valence-corrected chi connectivity index (χ0v) is 11.0. The molecule has 1 aliphatic carbocycles. The van der Waals surface area contributed by atoms with Crippen LogP contribution < -0.4 is 5.32 Å². The molecule has 0 spiro atoms. The van der Waals surface area contributed by atoms with E-state index in [4.69, 9.17) is 0 Å². The number of imide groups is 1. The van der Waals surface area contributed by atoms with Crippen LogP contribution in [0.15, 0.2) is 0 Å². The van der Waals surface area contributed by atoms with E-state index in [1.165, 1.54) is 0 Å². The quantitative estimate of drug-likeness (QED) is 0.748. The molecular weight excluding hydrogens is 228 g/mol. The lowest BCUT2D eigenvalue weighted by atomic mass is 9.92. The van der Waals surface area contributed by atoms with Gasteiger partial charge >= 0.3 is 0 Å². The van der Waals surface area contributed by atoms with Crippen molar-refractivity contribution < 1.29 is 9.59 Å². The van der Waals surface area contributed by atoms with Gasteiger partial charge in [0.05, 0.1) is 0 Å². The Balaban J connectivity index is 1.65. The van der Waals surface area contributed by atoms with E-state index in [9.17, 15) is 9.59 Å². The van der Waals surface area contributed by atoms with Crippen molar-refractivity contribution in [1.29, 1.82) is 0 Å². The molecule has 4 unspecified atom stereocenters. The number of hydrogen-bond donors (Lipinski definition) is 1. The second kappa shape index (κ2) is 4.65. The van der Waals surface area contributed by atoms with Crippen molar-refractivity contribution in [2.75, 3.05) is 13.1 Å². The third-order valence-electron chi connectivity index (χ3n) is 4.87. The van der Waals surface area contributed by atoms with Gasteiger partial charge in [0.2, 0.25) is 11.8 Å². The van der Waals surface area contributed by atoms with Gasteiger partial charge in [0.25, 0.3) is 0 Å². The molecule has 2 heterocycles.